The molecule has 2 aromatic heterocycles. The Morgan fingerprint density at radius 3 is 2.82 bits per heavy atom. The van der Waals surface area contributed by atoms with Crippen LogP contribution in [0.25, 0.3) is 11.0 Å². The van der Waals surface area contributed by atoms with Gasteiger partial charge in [-0.1, -0.05) is 25.5 Å². The summed E-state index contributed by atoms with van der Waals surface area (Å²) in [6, 6.07) is 11.2. The third-order valence-corrected chi connectivity index (χ3v) is 3.97. The summed E-state index contributed by atoms with van der Waals surface area (Å²) in [7, 11) is 0. The highest BCUT2D eigenvalue weighted by Gasteiger charge is 2.11. The van der Waals surface area contributed by atoms with E-state index in [1.54, 1.807) is 12.1 Å². The minimum absolute atomic E-state index is 0.187. The van der Waals surface area contributed by atoms with Crippen LogP contribution in [-0.4, -0.2) is 9.55 Å². The summed E-state index contributed by atoms with van der Waals surface area (Å²) in [4.78, 5) is 4.60. The molecule has 0 fully saturated rings. The molecule has 0 unspecified atom stereocenters. The number of aryl methyl sites for hydroxylation is 2. The Hall–Kier alpha value is -2.16. The fourth-order valence-corrected chi connectivity index (χ4v) is 2.87. The number of pyridine rings is 1. The van der Waals surface area contributed by atoms with Crippen LogP contribution in [0, 0.1) is 12.7 Å². The molecular formula is C19H21FN2. The van der Waals surface area contributed by atoms with Crippen LogP contribution in [0.2, 0.25) is 0 Å². The minimum Gasteiger partial charge on any atom is -0.325 e. The van der Waals surface area contributed by atoms with Crippen LogP contribution < -0.4 is 0 Å². The lowest BCUT2D eigenvalue weighted by Gasteiger charge is -2.10. The van der Waals surface area contributed by atoms with Crippen molar-refractivity contribution in [1.82, 2.24) is 9.55 Å². The van der Waals surface area contributed by atoms with Crippen LogP contribution in [0.4, 0.5) is 4.39 Å². The number of halogens is 1. The first kappa shape index (κ1) is 14.8. The number of rotatable bonds is 5. The zero-order valence-corrected chi connectivity index (χ0v) is 13.1. The molecule has 0 amide bonds. The molecule has 1 aromatic carbocycles. The lowest BCUT2D eigenvalue weighted by Crippen LogP contribution is -2.05. The predicted molar refractivity (Wildman–Crippen MR) is 88.6 cm³/mol. The molecule has 0 atom stereocenters. The van der Waals surface area contributed by atoms with Gasteiger partial charge >= 0.3 is 0 Å². The van der Waals surface area contributed by atoms with E-state index >= 15 is 0 Å². The van der Waals surface area contributed by atoms with Gasteiger partial charge in [0.15, 0.2) is 0 Å². The van der Waals surface area contributed by atoms with Gasteiger partial charge in [-0.05, 0) is 55.2 Å². The molecule has 2 nitrogen and oxygen atoms in total. The zero-order valence-electron chi connectivity index (χ0n) is 13.1. The molecule has 0 spiro atoms. The number of unbranched alkanes of at least 4 members (excludes halogenated alkanes) is 1. The normalized spacial score (nSPS) is 11.2. The molecule has 0 bridgehead atoms. The summed E-state index contributed by atoms with van der Waals surface area (Å²) in [5.41, 5.74) is 4.40. The van der Waals surface area contributed by atoms with E-state index in [1.165, 1.54) is 17.1 Å². The molecule has 0 saturated heterocycles. The van der Waals surface area contributed by atoms with Crippen LogP contribution in [0.15, 0.2) is 42.6 Å². The molecule has 0 aliphatic rings. The number of hydrogen-bond donors (Lipinski definition) is 0. The van der Waals surface area contributed by atoms with Gasteiger partial charge in [0.05, 0.1) is 0 Å². The minimum atomic E-state index is -0.187. The Labute approximate surface area is 130 Å². The van der Waals surface area contributed by atoms with Crippen LogP contribution in [0.1, 0.15) is 36.6 Å². The quantitative estimate of drug-likeness (QED) is 0.656. The molecule has 0 saturated carbocycles. The Balaban J connectivity index is 2.04. The first-order chi connectivity index (χ1) is 10.7. The van der Waals surface area contributed by atoms with Gasteiger partial charge in [0.2, 0.25) is 0 Å². The number of nitrogens with zero attached hydrogens (tertiary/aromatic N) is 2. The van der Waals surface area contributed by atoms with E-state index in [-0.39, 0.29) is 5.82 Å². The molecule has 0 radical (unpaired) electrons. The Morgan fingerprint density at radius 2 is 2.05 bits per heavy atom. The standard InChI is InChI=1S/C19H21FN2/c1-3-4-8-18-11-16-9-14(2)12-21-19(16)22(18)13-15-6-5-7-17(20)10-15/h5-7,9-12H,3-4,8,13H2,1-2H3. The average molecular weight is 296 g/mol. The van der Waals surface area contributed by atoms with Crippen molar-refractivity contribution in [3.05, 3.63) is 65.2 Å². The van der Waals surface area contributed by atoms with Gasteiger partial charge in [-0.15, -0.1) is 0 Å². The Kier molecular flexibility index (Phi) is 4.23. The van der Waals surface area contributed by atoms with Crippen molar-refractivity contribution in [2.24, 2.45) is 0 Å². The van der Waals surface area contributed by atoms with Gasteiger partial charge in [0.25, 0.3) is 0 Å². The molecule has 22 heavy (non-hydrogen) atoms. The van der Waals surface area contributed by atoms with Crippen LogP contribution >= 0.6 is 0 Å². The number of aromatic nitrogens is 2. The van der Waals surface area contributed by atoms with E-state index in [4.69, 9.17) is 0 Å². The molecule has 0 N–H and O–H groups in total. The maximum absolute atomic E-state index is 13.4. The number of fused-ring (bicyclic) bond motifs is 1. The largest absolute Gasteiger partial charge is 0.325 e. The van der Waals surface area contributed by atoms with E-state index < -0.39 is 0 Å². The molecular weight excluding hydrogens is 275 g/mol. The van der Waals surface area contributed by atoms with Crippen molar-refractivity contribution >= 4 is 11.0 Å². The van der Waals surface area contributed by atoms with Gasteiger partial charge in [-0.2, -0.15) is 0 Å². The molecule has 0 aliphatic heterocycles. The first-order valence-corrected chi connectivity index (χ1v) is 7.86. The van der Waals surface area contributed by atoms with E-state index in [1.807, 2.05) is 12.3 Å². The highest BCUT2D eigenvalue weighted by Crippen LogP contribution is 2.22. The maximum Gasteiger partial charge on any atom is 0.140 e. The number of benzene rings is 1. The van der Waals surface area contributed by atoms with Crippen LogP contribution in [-0.2, 0) is 13.0 Å². The summed E-state index contributed by atoms with van der Waals surface area (Å²) in [5, 5.41) is 1.17. The summed E-state index contributed by atoms with van der Waals surface area (Å²) in [6.07, 6.45) is 5.24. The fraction of sp³-hybridized carbons (Fsp3) is 0.316. The second-order valence-corrected chi connectivity index (χ2v) is 5.88. The highest BCUT2D eigenvalue weighted by atomic mass is 19.1. The predicted octanol–water partition coefficient (Wildman–Crippen LogP) is 4.87. The second-order valence-electron chi connectivity index (χ2n) is 5.88. The summed E-state index contributed by atoms with van der Waals surface area (Å²) in [6.45, 7) is 4.92. The van der Waals surface area contributed by atoms with Gasteiger partial charge in [0, 0.05) is 23.8 Å². The average Bonchev–Trinajstić information content (AvgIpc) is 2.82. The fourth-order valence-electron chi connectivity index (χ4n) is 2.87. The smallest absolute Gasteiger partial charge is 0.140 e. The maximum atomic E-state index is 13.4. The van der Waals surface area contributed by atoms with Crippen LogP contribution in [0.3, 0.4) is 0 Å². The van der Waals surface area contributed by atoms with Crippen LogP contribution in [0.5, 0.6) is 0 Å². The van der Waals surface area contributed by atoms with Crippen molar-refractivity contribution in [3.63, 3.8) is 0 Å². The van der Waals surface area contributed by atoms with Crippen molar-refractivity contribution in [2.45, 2.75) is 39.7 Å². The number of hydrogen-bond acceptors (Lipinski definition) is 1. The molecule has 3 aromatic rings. The zero-order chi connectivity index (χ0) is 15.5. The van der Waals surface area contributed by atoms with Crippen molar-refractivity contribution in [2.75, 3.05) is 0 Å². The summed E-state index contributed by atoms with van der Waals surface area (Å²) >= 11 is 0. The van der Waals surface area contributed by atoms with E-state index in [0.29, 0.717) is 6.54 Å². The van der Waals surface area contributed by atoms with Crippen molar-refractivity contribution in [1.29, 1.82) is 0 Å². The highest BCUT2D eigenvalue weighted by molar-refractivity contribution is 5.78. The van der Waals surface area contributed by atoms with E-state index in [0.717, 1.165) is 36.0 Å². The van der Waals surface area contributed by atoms with E-state index in [9.17, 15) is 4.39 Å². The van der Waals surface area contributed by atoms with Crippen molar-refractivity contribution in [3.8, 4) is 0 Å². The Morgan fingerprint density at radius 1 is 1.18 bits per heavy atom. The Bertz CT molecular complexity index is 789. The molecule has 3 heteroatoms. The third-order valence-electron chi connectivity index (χ3n) is 3.97. The summed E-state index contributed by atoms with van der Waals surface area (Å²) < 4.78 is 15.7. The molecule has 2 heterocycles. The first-order valence-electron chi connectivity index (χ1n) is 7.86. The van der Waals surface area contributed by atoms with Crippen molar-refractivity contribution < 1.29 is 4.39 Å². The van der Waals surface area contributed by atoms with E-state index in [2.05, 4.69) is 35.5 Å². The van der Waals surface area contributed by atoms with Gasteiger partial charge in [-0.3, -0.25) is 0 Å². The van der Waals surface area contributed by atoms with Gasteiger partial charge in [0.1, 0.15) is 11.5 Å². The summed E-state index contributed by atoms with van der Waals surface area (Å²) in [5.74, 6) is -0.187. The van der Waals surface area contributed by atoms with Gasteiger partial charge in [-0.25, -0.2) is 9.37 Å². The van der Waals surface area contributed by atoms with Gasteiger partial charge < -0.3 is 4.57 Å². The SMILES string of the molecule is CCCCc1cc2cc(C)cnc2n1Cc1cccc(F)c1. The molecule has 3 rings (SSSR count). The monoisotopic (exact) mass is 296 g/mol. The third kappa shape index (κ3) is 3.03. The lowest BCUT2D eigenvalue weighted by molar-refractivity contribution is 0.622. The second kappa shape index (κ2) is 6.30. The molecule has 0 aliphatic carbocycles. The topological polar surface area (TPSA) is 17.8 Å². The lowest BCUT2D eigenvalue weighted by atomic mass is 10.2. The molecule has 114 valence electrons.